The number of halogens is 1. The Bertz CT molecular complexity index is 911. The highest BCUT2D eigenvalue weighted by Crippen LogP contribution is 2.22. The molecule has 1 unspecified atom stereocenters. The van der Waals surface area contributed by atoms with E-state index in [0.717, 1.165) is 10.5 Å². The first kappa shape index (κ1) is 17.7. The van der Waals surface area contributed by atoms with Crippen molar-refractivity contribution in [1.82, 2.24) is 10.2 Å². The minimum absolute atomic E-state index is 0.00104. The molecule has 134 valence electrons. The van der Waals surface area contributed by atoms with E-state index in [-0.39, 0.29) is 17.5 Å². The highest BCUT2D eigenvalue weighted by Gasteiger charge is 2.23. The van der Waals surface area contributed by atoms with Gasteiger partial charge < -0.3 is 9.32 Å². The predicted molar refractivity (Wildman–Crippen MR) is 91.8 cm³/mol. The second-order valence-corrected chi connectivity index (χ2v) is 6.12. The van der Waals surface area contributed by atoms with Gasteiger partial charge >= 0.3 is 0 Å². The summed E-state index contributed by atoms with van der Waals surface area (Å²) in [6.07, 6.45) is 0. The third-order valence-electron chi connectivity index (χ3n) is 4.25. The number of nitro groups is 1. The Morgan fingerprint density at radius 3 is 2.62 bits per heavy atom. The molecule has 8 heteroatoms. The molecule has 0 aliphatic heterocycles. The van der Waals surface area contributed by atoms with Gasteiger partial charge in [-0.15, -0.1) is 10.2 Å². The molecule has 2 atom stereocenters. The summed E-state index contributed by atoms with van der Waals surface area (Å²) < 4.78 is 19.0. The number of nitrogens with one attached hydrogen (secondary N) is 1. The van der Waals surface area contributed by atoms with Crippen LogP contribution in [0.1, 0.15) is 24.4 Å². The van der Waals surface area contributed by atoms with Crippen LogP contribution in [0.2, 0.25) is 0 Å². The lowest BCUT2D eigenvalue weighted by atomic mass is 10.2. The third-order valence-corrected chi connectivity index (χ3v) is 4.25. The van der Waals surface area contributed by atoms with Crippen molar-refractivity contribution in [2.75, 3.05) is 7.05 Å². The summed E-state index contributed by atoms with van der Waals surface area (Å²) in [5.74, 6) is 0.494. The summed E-state index contributed by atoms with van der Waals surface area (Å²) in [4.78, 5) is 11.3. The van der Waals surface area contributed by atoms with Crippen LogP contribution in [-0.4, -0.2) is 22.2 Å². The monoisotopic (exact) mass is 357 g/mol. The number of benzene rings is 2. The van der Waals surface area contributed by atoms with E-state index in [1.807, 2.05) is 20.0 Å². The molecule has 1 heterocycles. The Labute approximate surface area is 149 Å². The van der Waals surface area contributed by atoms with E-state index in [0.29, 0.717) is 23.9 Å². The van der Waals surface area contributed by atoms with E-state index < -0.39 is 4.92 Å². The van der Waals surface area contributed by atoms with E-state index in [1.165, 1.54) is 24.3 Å². The number of nitro benzene ring substituents is 1. The van der Waals surface area contributed by atoms with Gasteiger partial charge in [0.05, 0.1) is 12.0 Å². The van der Waals surface area contributed by atoms with Crippen molar-refractivity contribution in [2.24, 2.45) is 0 Å². The normalized spacial score (nSPS) is 13.3. The fourth-order valence-electron chi connectivity index (χ4n) is 2.58. The largest absolute Gasteiger partial charge is 0.415 e. The number of quaternary nitrogens is 1. The Morgan fingerprint density at radius 2 is 1.96 bits per heavy atom. The summed E-state index contributed by atoms with van der Waals surface area (Å²) in [6.45, 7) is 2.55. The molecule has 0 saturated carbocycles. The van der Waals surface area contributed by atoms with Gasteiger partial charge in [0.25, 0.3) is 11.6 Å². The average Bonchev–Trinajstić information content (AvgIpc) is 3.11. The molecule has 2 aromatic carbocycles. The maximum atomic E-state index is 13.3. The van der Waals surface area contributed by atoms with Crippen LogP contribution in [-0.2, 0) is 6.54 Å². The van der Waals surface area contributed by atoms with E-state index >= 15 is 0 Å². The zero-order valence-electron chi connectivity index (χ0n) is 14.3. The molecule has 0 aliphatic rings. The molecular weight excluding hydrogens is 339 g/mol. The third kappa shape index (κ3) is 3.92. The smallest absolute Gasteiger partial charge is 0.274 e. The van der Waals surface area contributed by atoms with Crippen molar-refractivity contribution in [3.63, 3.8) is 0 Å². The lowest BCUT2D eigenvalue weighted by molar-refractivity contribution is -0.925. The summed E-state index contributed by atoms with van der Waals surface area (Å²) >= 11 is 0. The zero-order valence-corrected chi connectivity index (χ0v) is 14.3. The SMILES string of the molecule is C[C@H](c1nnc(-c2ccc([N+](=O)[O-])cc2)o1)[NH+](C)Cc1cccc(F)c1. The summed E-state index contributed by atoms with van der Waals surface area (Å²) in [6, 6.07) is 12.3. The molecule has 0 saturated heterocycles. The molecule has 0 radical (unpaired) electrons. The van der Waals surface area contributed by atoms with Crippen LogP contribution in [0.4, 0.5) is 10.1 Å². The molecule has 7 nitrogen and oxygen atoms in total. The van der Waals surface area contributed by atoms with Crippen LogP contribution in [0.3, 0.4) is 0 Å². The highest BCUT2D eigenvalue weighted by atomic mass is 19.1. The fourth-order valence-corrected chi connectivity index (χ4v) is 2.58. The van der Waals surface area contributed by atoms with Gasteiger partial charge in [0.2, 0.25) is 5.89 Å². The van der Waals surface area contributed by atoms with Gasteiger partial charge in [-0.2, -0.15) is 0 Å². The van der Waals surface area contributed by atoms with Crippen LogP contribution >= 0.6 is 0 Å². The standard InChI is InChI=1S/C18H17FN4O3/c1-12(22(2)11-13-4-3-5-15(19)10-13)17-20-21-18(26-17)14-6-8-16(9-7-14)23(24)25/h3-10,12H,11H2,1-2H3/p+1/t12-/m1/s1. The molecule has 3 aromatic rings. The maximum absolute atomic E-state index is 13.3. The zero-order chi connectivity index (χ0) is 18.7. The molecule has 1 aromatic heterocycles. The summed E-state index contributed by atoms with van der Waals surface area (Å²) in [5.41, 5.74) is 1.50. The summed E-state index contributed by atoms with van der Waals surface area (Å²) in [5, 5.41) is 18.8. The molecular formula is C18H18FN4O3+. The van der Waals surface area contributed by atoms with Crippen molar-refractivity contribution in [2.45, 2.75) is 19.5 Å². The Kier molecular flexibility index (Phi) is 5.04. The van der Waals surface area contributed by atoms with Gasteiger partial charge in [-0.3, -0.25) is 10.1 Å². The second kappa shape index (κ2) is 7.40. The van der Waals surface area contributed by atoms with Crippen molar-refractivity contribution in [3.8, 4) is 11.5 Å². The number of hydrogen-bond acceptors (Lipinski definition) is 5. The lowest BCUT2D eigenvalue weighted by Gasteiger charge is -2.18. The van der Waals surface area contributed by atoms with Gasteiger partial charge in [-0.05, 0) is 31.2 Å². The first-order valence-electron chi connectivity index (χ1n) is 8.09. The van der Waals surface area contributed by atoms with Gasteiger partial charge in [-0.25, -0.2) is 4.39 Å². The van der Waals surface area contributed by atoms with Gasteiger partial charge in [0, 0.05) is 23.3 Å². The number of aromatic nitrogens is 2. The van der Waals surface area contributed by atoms with Crippen molar-refractivity contribution >= 4 is 5.69 Å². The van der Waals surface area contributed by atoms with E-state index in [2.05, 4.69) is 10.2 Å². The lowest BCUT2D eigenvalue weighted by Crippen LogP contribution is -3.07. The molecule has 0 aliphatic carbocycles. The minimum atomic E-state index is -0.462. The number of non-ortho nitro benzene ring substituents is 1. The topological polar surface area (TPSA) is 86.5 Å². The van der Waals surface area contributed by atoms with Crippen LogP contribution in [0.25, 0.3) is 11.5 Å². The van der Waals surface area contributed by atoms with Crippen LogP contribution in [0.15, 0.2) is 52.9 Å². The molecule has 3 rings (SSSR count). The second-order valence-electron chi connectivity index (χ2n) is 6.12. The first-order valence-corrected chi connectivity index (χ1v) is 8.09. The molecule has 0 spiro atoms. The van der Waals surface area contributed by atoms with Gasteiger partial charge in [0.15, 0.2) is 6.04 Å². The Morgan fingerprint density at radius 1 is 1.23 bits per heavy atom. The van der Waals surface area contributed by atoms with Crippen molar-refractivity contribution in [1.29, 1.82) is 0 Å². The predicted octanol–water partition coefficient (Wildman–Crippen LogP) is 2.56. The number of rotatable bonds is 6. The first-order chi connectivity index (χ1) is 12.4. The average molecular weight is 357 g/mol. The highest BCUT2D eigenvalue weighted by molar-refractivity contribution is 5.55. The number of nitrogens with zero attached hydrogens (tertiary/aromatic N) is 3. The van der Waals surface area contributed by atoms with Crippen LogP contribution < -0.4 is 4.90 Å². The van der Waals surface area contributed by atoms with E-state index in [1.54, 1.807) is 18.2 Å². The molecule has 26 heavy (non-hydrogen) atoms. The molecule has 0 amide bonds. The van der Waals surface area contributed by atoms with Crippen LogP contribution in [0.5, 0.6) is 0 Å². The molecule has 1 N–H and O–H groups in total. The molecule has 0 bridgehead atoms. The summed E-state index contributed by atoms with van der Waals surface area (Å²) in [7, 11) is 1.96. The number of hydrogen-bond donors (Lipinski definition) is 1. The van der Waals surface area contributed by atoms with E-state index in [4.69, 9.17) is 4.42 Å². The van der Waals surface area contributed by atoms with Gasteiger partial charge in [0.1, 0.15) is 12.4 Å². The van der Waals surface area contributed by atoms with Crippen LogP contribution in [0, 0.1) is 15.9 Å². The van der Waals surface area contributed by atoms with E-state index in [9.17, 15) is 14.5 Å². The fraction of sp³-hybridized carbons (Fsp3) is 0.222. The quantitative estimate of drug-likeness (QED) is 0.541. The van der Waals surface area contributed by atoms with Crippen molar-refractivity contribution < 1.29 is 18.6 Å². The van der Waals surface area contributed by atoms with Gasteiger partial charge in [-0.1, -0.05) is 12.1 Å². The Balaban J connectivity index is 1.72. The minimum Gasteiger partial charge on any atom is -0.415 e. The molecule has 0 fully saturated rings. The van der Waals surface area contributed by atoms with Crippen molar-refractivity contribution in [3.05, 3.63) is 75.9 Å². The Hall–Kier alpha value is -3.13. The maximum Gasteiger partial charge on any atom is 0.274 e.